The lowest BCUT2D eigenvalue weighted by atomic mass is 10.0. The molecule has 0 spiro atoms. The topological polar surface area (TPSA) is 57.6 Å². The molecular weight excluding hydrogens is 305 g/mol. The number of Topliss-reactive ketones (excluding diaryl/α,β-unsaturated/α-hetero) is 1. The van der Waals surface area contributed by atoms with Gasteiger partial charge in [-0.25, -0.2) is 9.18 Å². The van der Waals surface area contributed by atoms with E-state index >= 15 is 0 Å². The molecule has 0 fully saturated rings. The Morgan fingerprint density at radius 2 is 2.00 bits per heavy atom. The van der Waals surface area contributed by atoms with Gasteiger partial charge in [-0.3, -0.25) is 4.79 Å². The summed E-state index contributed by atoms with van der Waals surface area (Å²) >= 11 is 3.06. The molecule has 0 atom stereocenters. The molecule has 1 aromatic rings. The Balaban J connectivity index is 3.23. The number of aliphatic carboxylic acids is 1. The van der Waals surface area contributed by atoms with Crippen molar-refractivity contribution in [2.45, 2.75) is 0 Å². The van der Waals surface area contributed by atoms with E-state index in [9.17, 15) is 14.0 Å². The van der Waals surface area contributed by atoms with Crippen molar-refractivity contribution in [1.82, 2.24) is 4.90 Å². The van der Waals surface area contributed by atoms with Crippen molar-refractivity contribution in [3.05, 3.63) is 45.8 Å². The van der Waals surface area contributed by atoms with Gasteiger partial charge in [-0.2, -0.15) is 0 Å². The molecule has 96 valence electrons. The molecule has 0 unspecified atom stereocenters. The van der Waals surface area contributed by atoms with Crippen molar-refractivity contribution in [2.75, 3.05) is 14.1 Å². The molecule has 0 heterocycles. The van der Waals surface area contributed by atoms with Gasteiger partial charge in [-0.05, 0) is 18.2 Å². The Hall–Kier alpha value is -1.69. The van der Waals surface area contributed by atoms with Gasteiger partial charge in [0, 0.05) is 24.8 Å². The number of carbonyl (C=O) groups is 2. The molecule has 6 heteroatoms. The van der Waals surface area contributed by atoms with Gasteiger partial charge in [-0.15, -0.1) is 0 Å². The number of ketones is 1. The summed E-state index contributed by atoms with van der Waals surface area (Å²) in [5.41, 5.74) is -0.755. The normalized spacial score (nSPS) is 11.2. The lowest BCUT2D eigenvalue weighted by Crippen LogP contribution is -2.17. The minimum atomic E-state index is -1.39. The maximum atomic E-state index is 13.6. The van der Waals surface area contributed by atoms with Crippen LogP contribution in [0.4, 0.5) is 4.39 Å². The van der Waals surface area contributed by atoms with E-state index in [1.54, 1.807) is 14.1 Å². The van der Waals surface area contributed by atoms with Crippen molar-refractivity contribution in [3.63, 3.8) is 0 Å². The van der Waals surface area contributed by atoms with Gasteiger partial charge in [0.15, 0.2) is 0 Å². The number of carboxylic acids is 1. The molecule has 0 radical (unpaired) electrons. The van der Waals surface area contributed by atoms with Gasteiger partial charge in [-0.1, -0.05) is 15.9 Å². The predicted molar refractivity (Wildman–Crippen MR) is 67.8 cm³/mol. The highest BCUT2D eigenvalue weighted by Gasteiger charge is 2.22. The fourth-order valence-corrected chi connectivity index (χ4v) is 1.62. The highest BCUT2D eigenvalue weighted by molar-refractivity contribution is 9.10. The standard InChI is InChI=1S/C12H11BrFNO3/c1-15(2)6-9(12(17)18)11(16)8-4-3-7(13)5-10(8)14/h3-6H,1-2H3,(H,17,18)/b9-6-. The second-order valence-corrected chi connectivity index (χ2v) is 4.68. The van der Waals surface area contributed by atoms with Gasteiger partial charge < -0.3 is 10.0 Å². The number of hydrogen-bond acceptors (Lipinski definition) is 3. The van der Waals surface area contributed by atoms with E-state index in [-0.39, 0.29) is 5.56 Å². The summed E-state index contributed by atoms with van der Waals surface area (Å²) in [7, 11) is 3.16. The summed E-state index contributed by atoms with van der Waals surface area (Å²) in [5.74, 6) is -3.02. The molecule has 0 saturated carbocycles. The first-order valence-corrected chi connectivity index (χ1v) is 5.73. The molecule has 0 aliphatic rings. The van der Waals surface area contributed by atoms with Crippen LogP contribution in [0.15, 0.2) is 34.4 Å². The highest BCUT2D eigenvalue weighted by atomic mass is 79.9. The molecule has 0 bridgehead atoms. The molecule has 0 saturated heterocycles. The Kier molecular flexibility index (Phi) is 4.61. The van der Waals surface area contributed by atoms with Crippen LogP contribution in [0.3, 0.4) is 0 Å². The lowest BCUT2D eigenvalue weighted by molar-refractivity contribution is -0.132. The molecule has 4 nitrogen and oxygen atoms in total. The third-order valence-corrected chi connectivity index (χ3v) is 2.53. The highest BCUT2D eigenvalue weighted by Crippen LogP contribution is 2.18. The monoisotopic (exact) mass is 315 g/mol. The van der Waals surface area contributed by atoms with Crippen LogP contribution in [0.1, 0.15) is 10.4 Å². The van der Waals surface area contributed by atoms with E-state index < -0.39 is 23.1 Å². The van der Waals surface area contributed by atoms with E-state index in [4.69, 9.17) is 5.11 Å². The van der Waals surface area contributed by atoms with Crippen LogP contribution in [0, 0.1) is 5.82 Å². The fourth-order valence-electron chi connectivity index (χ4n) is 1.29. The first-order chi connectivity index (χ1) is 8.32. The van der Waals surface area contributed by atoms with E-state index in [2.05, 4.69) is 15.9 Å². The zero-order chi connectivity index (χ0) is 13.9. The first kappa shape index (κ1) is 14.4. The fraction of sp³-hybridized carbons (Fsp3) is 0.167. The molecule has 0 aliphatic carbocycles. The Morgan fingerprint density at radius 3 is 2.44 bits per heavy atom. The average molecular weight is 316 g/mol. The van der Waals surface area contributed by atoms with Crippen LogP contribution in [0.2, 0.25) is 0 Å². The molecule has 1 rings (SSSR count). The number of halogens is 2. The maximum absolute atomic E-state index is 13.6. The molecule has 0 aliphatic heterocycles. The zero-order valence-corrected chi connectivity index (χ0v) is 11.4. The molecule has 0 aromatic heterocycles. The minimum Gasteiger partial charge on any atom is -0.477 e. The van der Waals surface area contributed by atoms with Gasteiger partial charge in [0.05, 0.1) is 5.56 Å². The van der Waals surface area contributed by atoms with Gasteiger partial charge in [0.1, 0.15) is 11.4 Å². The number of hydrogen-bond donors (Lipinski definition) is 1. The quantitative estimate of drug-likeness (QED) is 0.401. The van der Waals surface area contributed by atoms with Crippen LogP contribution < -0.4 is 0 Å². The van der Waals surface area contributed by atoms with Gasteiger partial charge in [0.2, 0.25) is 5.78 Å². The molecule has 0 amide bonds. The largest absolute Gasteiger partial charge is 0.477 e. The summed E-state index contributed by atoms with van der Waals surface area (Å²) in [6, 6.07) is 3.84. The smallest absolute Gasteiger partial charge is 0.341 e. The average Bonchev–Trinajstić information content (AvgIpc) is 2.24. The number of carboxylic acid groups (broad SMARTS) is 1. The lowest BCUT2D eigenvalue weighted by Gasteiger charge is -2.08. The number of rotatable bonds is 4. The Bertz CT molecular complexity index is 526. The molecule has 18 heavy (non-hydrogen) atoms. The van der Waals surface area contributed by atoms with Crippen molar-refractivity contribution in [3.8, 4) is 0 Å². The summed E-state index contributed by atoms with van der Waals surface area (Å²) < 4.78 is 14.1. The van der Waals surface area contributed by atoms with E-state index in [1.807, 2.05) is 0 Å². The number of benzene rings is 1. The van der Waals surface area contributed by atoms with E-state index in [0.717, 1.165) is 12.3 Å². The zero-order valence-electron chi connectivity index (χ0n) is 9.78. The second kappa shape index (κ2) is 5.77. The van der Waals surface area contributed by atoms with Crippen molar-refractivity contribution in [2.24, 2.45) is 0 Å². The predicted octanol–water partition coefficient (Wildman–Crippen LogP) is 2.30. The molecule has 1 N–H and O–H groups in total. The Labute approximate surface area is 112 Å². The van der Waals surface area contributed by atoms with Crippen LogP contribution in [-0.4, -0.2) is 35.9 Å². The summed E-state index contributed by atoms with van der Waals surface area (Å²) in [6.45, 7) is 0. The third-order valence-electron chi connectivity index (χ3n) is 2.04. The van der Waals surface area contributed by atoms with Crippen LogP contribution in [-0.2, 0) is 4.79 Å². The maximum Gasteiger partial charge on any atom is 0.341 e. The Morgan fingerprint density at radius 1 is 1.39 bits per heavy atom. The summed E-state index contributed by atoms with van der Waals surface area (Å²) in [4.78, 5) is 24.3. The van der Waals surface area contributed by atoms with Crippen molar-refractivity contribution >= 4 is 27.7 Å². The summed E-state index contributed by atoms with van der Waals surface area (Å²) in [5, 5.41) is 8.95. The van der Waals surface area contributed by atoms with E-state index in [1.165, 1.54) is 17.0 Å². The number of carbonyl (C=O) groups excluding carboxylic acids is 1. The third kappa shape index (κ3) is 3.40. The van der Waals surface area contributed by atoms with Crippen molar-refractivity contribution in [1.29, 1.82) is 0 Å². The number of nitrogens with zero attached hydrogens (tertiary/aromatic N) is 1. The first-order valence-electron chi connectivity index (χ1n) is 4.94. The van der Waals surface area contributed by atoms with E-state index in [0.29, 0.717) is 4.47 Å². The van der Waals surface area contributed by atoms with Crippen LogP contribution in [0.5, 0.6) is 0 Å². The second-order valence-electron chi connectivity index (χ2n) is 3.76. The SMILES string of the molecule is CN(C)/C=C(\C(=O)O)C(=O)c1ccc(Br)cc1F. The summed E-state index contributed by atoms with van der Waals surface area (Å²) in [6.07, 6.45) is 1.14. The van der Waals surface area contributed by atoms with Crippen LogP contribution >= 0.6 is 15.9 Å². The van der Waals surface area contributed by atoms with Crippen molar-refractivity contribution < 1.29 is 19.1 Å². The van der Waals surface area contributed by atoms with Gasteiger partial charge >= 0.3 is 5.97 Å². The minimum absolute atomic E-state index is 0.270. The van der Waals surface area contributed by atoms with Crippen LogP contribution in [0.25, 0.3) is 0 Å². The van der Waals surface area contributed by atoms with Gasteiger partial charge in [0.25, 0.3) is 0 Å². The molecular formula is C12H11BrFNO3. The molecule has 1 aromatic carbocycles.